The van der Waals surface area contributed by atoms with E-state index >= 15 is 0 Å². The van der Waals surface area contributed by atoms with Crippen LogP contribution in [0.1, 0.15) is 5.56 Å². The van der Waals surface area contributed by atoms with Gasteiger partial charge in [0.1, 0.15) is 0 Å². The number of hydrogen-bond acceptors (Lipinski definition) is 7. The number of rotatable bonds is 3. The molecule has 1 saturated heterocycles. The Labute approximate surface area is 159 Å². The van der Waals surface area contributed by atoms with Gasteiger partial charge in [-0.25, -0.2) is 0 Å². The van der Waals surface area contributed by atoms with E-state index < -0.39 is 0 Å². The SMILES string of the molecule is COc1ccc(/C=C2/SC(=S)N(c3ccc4c(c3)OCO4)C2=O)cc1O. The molecule has 2 heterocycles. The van der Waals surface area contributed by atoms with Crippen molar-refractivity contribution in [3.05, 3.63) is 46.9 Å². The molecule has 26 heavy (non-hydrogen) atoms. The van der Waals surface area contributed by atoms with Crippen LogP contribution in [0.5, 0.6) is 23.0 Å². The van der Waals surface area contributed by atoms with Crippen LogP contribution in [0.3, 0.4) is 0 Å². The lowest BCUT2D eigenvalue weighted by Crippen LogP contribution is -2.27. The van der Waals surface area contributed by atoms with Crippen LogP contribution >= 0.6 is 24.0 Å². The minimum absolute atomic E-state index is 0.00694. The summed E-state index contributed by atoms with van der Waals surface area (Å²) in [5.74, 6) is 1.38. The van der Waals surface area contributed by atoms with Crippen LogP contribution < -0.4 is 19.1 Å². The van der Waals surface area contributed by atoms with Gasteiger partial charge in [0.05, 0.1) is 17.7 Å². The van der Waals surface area contributed by atoms with Crippen LogP contribution in [-0.4, -0.2) is 29.2 Å². The first-order valence-corrected chi connectivity index (χ1v) is 8.84. The number of aromatic hydroxyl groups is 1. The van der Waals surface area contributed by atoms with Crippen molar-refractivity contribution in [2.75, 3.05) is 18.8 Å². The fourth-order valence-electron chi connectivity index (χ4n) is 2.66. The number of phenolic OH excluding ortho intramolecular Hbond substituents is 1. The molecule has 2 aromatic carbocycles. The molecule has 132 valence electrons. The maximum atomic E-state index is 12.8. The average Bonchev–Trinajstić information content (AvgIpc) is 3.19. The minimum Gasteiger partial charge on any atom is -0.504 e. The number of thioether (sulfide) groups is 1. The van der Waals surface area contributed by atoms with Crippen molar-refractivity contribution in [1.29, 1.82) is 0 Å². The second-order valence-corrected chi connectivity index (χ2v) is 7.16. The smallest absolute Gasteiger partial charge is 0.270 e. The van der Waals surface area contributed by atoms with E-state index in [0.717, 1.165) is 0 Å². The minimum atomic E-state index is -0.228. The average molecular weight is 387 g/mol. The molecule has 4 rings (SSSR count). The van der Waals surface area contributed by atoms with Gasteiger partial charge in [0.2, 0.25) is 6.79 Å². The van der Waals surface area contributed by atoms with Crippen LogP contribution in [-0.2, 0) is 4.79 Å². The maximum Gasteiger partial charge on any atom is 0.270 e. The predicted molar refractivity (Wildman–Crippen MR) is 103 cm³/mol. The molecular formula is C18H13NO5S2. The van der Waals surface area contributed by atoms with E-state index in [9.17, 15) is 9.90 Å². The molecule has 0 aliphatic carbocycles. The van der Waals surface area contributed by atoms with Crippen LogP contribution in [0.25, 0.3) is 6.08 Å². The summed E-state index contributed by atoms with van der Waals surface area (Å²) < 4.78 is 16.1. The van der Waals surface area contributed by atoms with Crippen LogP contribution in [0.4, 0.5) is 5.69 Å². The topological polar surface area (TPSA) is 68.2 Å². The zero-order valence-corrected chi connectivity index (χ0v) is 15.2. The van der Waals surface area contributed by atoms with E-state index in [4.69, 9.17) is 26.4 Å². The first-order chi connectivity index (χ1) is 12.6. The summed E-state index contributed by atoms with van der Waals surface area (Å²) in [5, 5.41) is 9.89. The Bertz CT molecular complexity index is 957. The Balaban J connectivity index is 1.64. The molecule has 0 unspecified atom stereocenters. The fourth-order valence-corrected chi connectivity index (χ4v) is 3.96. The van der Waals surface area contributed by atoms with Gasteiger partial charge in [-0.1, -0.05) is 30.0 Å². The number of amides is 1. The molecule has 6 nitrogen and oxygen atoms in total. The molecule has 0 saturated carbocycles. The third-order valence-electron chi connectivity index (χ3n) is 3.91. The molecule has 2 aliphatic heterocycles. The summed E-state index contributed by atoms with van der Waals surface area (Å²) in [6, 6.07) is 10.2. The number of phenols is 1. The van der Waals surface area contributed by atoms with Gasteiger partial charge in [0, 0.05) is 6.07 Å². The number of ether oxygens (including phenoxy) is 3. The standard InChI is InChI=1S/C18H13NO5S2/c1-22-13-4-2-10(6-12(13)20)7-16-17(21)19(18(25)26-16)11-3-5-14-15(8-11)24-9-23-14/h2-8,20H,9H2,1H3/b16-7+. The first-order valence-electron chi connectivity index (χ1n) is 7.61. The molecule has 0 radical (unpaired) electrons. The number of carbonyl (C=O) groups excluding carboxylic acids is 1. The summed E-state index contributed by atoms with van der Waals surface area (Å²) in [7, 11) is 1.48. The van der Waals surface area contributed by atoms with Gasteiger partial charge >= 0.3 is 0 Å². The Morgan fingerprint density at radius 3 is 2.81 bits per heavy atom. The molecule has 2 aliphatic rings. The summed E-state index contributed by atoms with van der Waals surface area (Å²) in [6.07, 6.45) is 1.69. The largest absolute Gasteiger partial charge is 0.504 e. The van der Waals surface area contributed by atoms with Crippen molar-refractivity contribution in [3.63, 3.8) is 0 Å². The monoisotopic (exact) mass is 387 g/mol. The zero-order valence-electron chi connectivity index (χ0n) is 13.6. The molecule has 1 fully saturated rings. The van der Waals surface area contributed by atoms with Crippen molar-refractivity contribution in [2.45, 2.75) is 0 Å². The van der Waals surface area contributed by atoms with Gasteiger partial charge in [-0.15, -0.1) is 0 Å². The summed E-state index contributed by atoms with van der Waals surface area (Å²) in [5.41, 5.74) is 1.30. The highest BCUT2D eigenvalue weighted by molar-refractivity contribution is 8.27. The lowest BCUT2D eigenvalue weighted by atomic mass is 10.2. The highest BCUT2D eigenvalue weighted by atomic mass is 32.2. The molecule has 0 atom stereocenters. The number of methoxy groups -OCH3 is 1. The lowest BCUT2D eigenvalue weighted by molar-refractivity contribution is -0.113. The molecule has 0 aromatic heterocycles. The Kier molecular flexibility index (Phi) is 4.21. The zero-order chi connectivity index (χ0) is 18.3. The normalized spacial score (nSPS) is 17.3. The van der Waals surface area contributed by atoms with Gasteiger partial charge in [-0.3, -0.25) is 9.69 Å². The van der Waals surface area contributed by atoms with Crippen molar-refractivity contribution < 1.29 is 24.1 Å². The second kappa shape index (κ2) is 6.54. The second-order valence-electron chi connectivity index (χ2n) is 5.49. The van der Waals surface area contributed by atoms with E-state index in [1.165, 1.54) is 29.8 Å². The molecule has 8 heteroatoms. The van der Waals surface area contributed by atoms with Gasteiger partial charge < -0.3 is 19.3 Å². The molecule has 0 bridgehead atoms. The maximum absolute atomic E-state index is 12.8. The van der Waals surface area contributed by atoms with Gasteiger partial charge in [-0.05, 0) is 35.9 Å². The quantitative estimate of drug-likeness (QED) is 0.638. The fraction of sp³-hybridized carbons (Fsp3) is 0.111. The van der Waals surface area contributed by atoms with Gasteiger partial charge in [-0.2, -0.15) is 0 Å². The summed E-state index contributed by atoms with van der Waals surface area (Å²) in [6.45, 7) is 0.165. The molecule has 0 spiro atoms. The Morgan fingerprint density at radius 2 is 2.04 bits per heavy atom. The number of fused-ring (bicyclic) bond motifs is 1. The molecule has 1 N–H and O–H groups in total. The van der Waals surface area contributed by atoms with Crippen molar-refractivity contribution >= 4 is 46.0 Å². The van der Waals surface area contributed by atoms with E-state index in [-0.39, 0.29) is 18.4 Å². The van der Waals surface area contributed by atoms with Crippen molar-refractivity contribution in [2.24, 2.45) is 0 Å². The van der Waals surface area contributed by atoms with E-state index in [1.54, 1.807) is 36.4 Å². The highest BCUT2D eigenvalue weighted by Gasteiger charge is 2.34. The number of anilines is 1. The first kappa shape index (κ1) is 16.7. The predicted octanol–water partition coefficient (Wildman–Crippen LogP) is 3.54. The molecular weight excluding hydrogens is 374 g/mol. The van der Waals surface area contributed by atoms with Gasteiger partial charge in [0.15, 0.2) is 27.3 Å². The number of carbonyl (C=O) groups is 1. The summed E-state index contributed by atoms with van der Waals surface area (Å²) >= 11 is 6.58. The Hall–Kier alpha value is -2.71. The number of thiocarbonyl (C=S) groups is 1. The number of nitrogens with zero attached hydrogens (tertiary/aromatic N) is 1. The van der Waals surface area contributed by atoms with E-state index in [0.29, 0.717) is 37.7 Å². The number of hydrogen-bond donors (Lipinski definition) is 1. The van der Waals surface area contributed by atoms with Crippen LogP contribution in [0.15, 0.2) is 41.3 Å². The van der Waals surface area contributed by atoms with E-state index in [1.807, 2.05) is 0 Å². The highest BCUT2D eigenvalue weighted by Crippen LogP contribution is 2.41. The van der Waals surface area contributed by atoms with Crippen molar-refractivity contribution in [3.8, 4) is 23.0 Å². The van der Waals surface area contributed by atoms with E-state index in [2.05, 4.69) is 0 Å². The third-order valence-corrected chi connectivity index (χ3v) is 5.21. The lowest BCUT2D eigenvalue weighted by Gasteiger charge is -2.14. The summed E-state index contributed by atoms with van der Waals surface area (Å²) in [4.78, 5) is 14.7. The van der Waals surface area contributed by atoms with Gasteiger partial charge in [0.25, 0.3) is 5.91 Å². The van der Waals surface area contributed by atoms with Crippen LogP contribution in [0.2, 0.25) is 0 Å². The van der Waals surface area contributed by atoms with Crippen LogP contribution in [0, 0.1) is 0 Å². The molecule has 1 amide bonds. The Morgan fingerprint density at radius 1 is 1.23 bits per heavy atom. The number of benzene rings is 2. The van der Waals surface area contributed by atoms with Crippen molar-refractivity contribution in [1.82, 2.24) is 0 Å². The molecule has 2 aromatic rings. The third kappa shape index (κ3) is 2.87.